The summed E-state index contributed by atoms with van der Waals surface area (Å²) in [4.78, 5) is 28.2. The molecule has 18 heavy (non-hydrogen) atoms. The van der Waals surface area contributed by atoms with Crippen LogP contribution in [0.2, 0.25) is 0 Å². The Bertz CT molecular complexity index is 445. The van der Waals surface area contributed by atoms with Crippen LogP contribution in [0.25, 0.3) is 0 Å². The molecule has 6 heteroatoms. The number of rotatable bonds is 2. The smallest absolute Gasteiger partial charge is 0.418 e. The minimum atomic E-state index is -0.575. The zero-order valence-corrected chi connectivity index (χ0v) is 11.3. The van der Waals surface area contributed by atoms with E-state index in [1.54, 1.807) is 20.8 Å². The lowest BCUT2D eigenvalue weighted by Crippen LogP contribution is -2.27. The summed E-state index contributed by atoms with van der Waals surface area (Å²) in [5.41, 5.74) is -0.223. The van der Waals surface area contributed by atoms with E-state index in [4.69, 9.17) is 9.57 Å². The van der Waals surface area contributed by atoms with E-state index in [0.717, 1.165) is 5.06 Å². The minimum absolute atomic E-state index is 0.334. The van der Waals surface area contributed by atoms with Gasteiger partial charge in [0.05, 0.1) is 12.7 Å². The van der Waals surface area contributed by atoms with Crippen molar-refractivity contribution >= 4 is 12.0 Å². The first kappa shape index (κ1) is 14.2. The Hall–Kier alpha value is -1.82. The lowest BCUT2D eigenvalue weighted by molar-refractivity contribution is -0.0756. The van der Waals surface area contributed by atoms with Crippen molar-refractivity contribution < 1.29 is 19.2 Å². The van der Waals surface area contributed by atoms with E-state index >= 15 is 0 Å². The van der Waals surface area contributed by atoms with Crippen LogP contribution in [0, 0.1) is 0 Å². The molecular formula is C12H18N2O4. The number of hydroxylamine groups is 2. The number of carbonyl (C=O) groups is 2. The van der Waals surface area contributed by atoms with E-state index in [0.29, 0.717) is 5.56 Å². The van der Waals surface area contributed by atoms with Crippen molar-refractivity contribution in [2.45, 2.75) is 26.4 Å². The van der Waals surface area contributed by atoms with Gasteiger partial charge in [-0.3, -0.25) is 14.2 Å². The fourth-order valence-electron chi connectivity index (χ4n) is 1.22. The van der Waals surface area contributed by atoms with E-state index in [9.17, 15) is 9.59 Å². The van der Waals surface area contributed by atoms with Gasteiger partial charge in [-0.25, -0.2) is 9.86 Å². The molecule has 0 unspecified atom stereocenters. The molecule has 1 rings (SSSR count). The lowest BCUT2D eigenvalue weighted by atomic mass is 10.2. The first-order valence-electron chi connectivity index (χ1n) is 5.48. The maximum absolute atomic E-state index is 11.7. The fraction of sp³-hybridized carbons (Fsp3) is 0.500. The molecule has 0 N–H and O–H groups in total. The van der Waals surface area contributed by atoms with Gasteiger partial charge in [-0.2, -0.15) is 0 Å². The van der Waals surface area contributed by atoms with Crippen LogP contribution >= 0.6 is 0 Å². The van der Waals surface area contributed by atoms with Crippen LogP contribution in [0.5, 0.6) is 0 Å². The maximum Gasteiger partial charge on any atom is 0.418 e. The third-order valence-electron chi connectivity index (χ3n) is 2.10. The van der Waals surface area contributed by atoms with Crippen molar-refractivity contribution in [1.29, 1.82) is 0 Å². The molecule has 0 aromatic carbocycles. The van der Waals surface area contributed by atoms with Crippen molar-refractivity contribution in [2.24, 2.45) is 0 Å². The van der Waals surface area contributed by atoms with Crippen LogP contribution in [0.15, 0.2) is 18.5 Å². The van der Waals surface area contributed by atoms with Gasteiger partial charge in [0.1, 0.15) is 5.60 Å². The van der Waals surface area contributed by atoms with Gasteiger partial charge in [-0.05, 0) is 26.8 Å². The average molecular weight is 254 g/mol. The molecule has 0 saturated heterocycles. The highest BCUT2D eigenvalue weighted by Gasteiger charge is 2.19. The quantitative estimate of drug-likeness (QED) is 0.756. The second kappa shape index (κ2) is 5.22. The average Bonchev–Trinajstić information content (AvgIpc) is 2.73. The largest absolute Gasteiger partial charge is 0.443 e. The van der Waals surface area contributed by atoms with Crippen molar-refractivity contribution in [1.82, 2.24) is 9.63 Å². The summed E-state index contributed by atoms with van der Waals surface area (Å²) < 4.78 is 6.40. The van der Waals surface area contributed by atoms with Crippen LogP contribution in [-0.4, -0.2) is 41.4 Å². The number of nitrogens with zero attached hydrogens (tertiary/aromatic N) is 2. The molecule has 1 aromatic heterocycles. The van der Waals surface area contributed by atoms with Gasteiger partial charge in [-0.15, -0.1) is 0 Å². The molecule has 0 radical (unpaired) electrons. The van der Waals surface area contributed by atoms with E-state index in [1.165, 1.54) is 37.2 Å². The van der Waals surface area contributed by atoms with Gasteiger partial charge in [0.2, 0.25) is 0 Å². The van der Waals surface area contributed by atoms with Gasteiger partial charge >= 0.3 is 6.09 Å². The van der Waals surface area contributed by atoms with Crippen LogP contribution in [-0.2, 0) is 9.57 Å². The highest BCUT2D eigenvalue weighted by Crippen LogP contribution is 2.11. The zero-order chi connectivity index (χ0) is 13.9. The number of amides is 1. The monoisotopic (exact) mass is 254 g/mol. The number of ether oxygens (including phenoxy) is 1. The van der Waals surface area contributed by atoms with E-state index < -0.39 is 11.7 Å². The molecule has 1 aromatic rings. The maximum atomic E-state index is 11.7. The standard InChI is InChI=1S/C12H18N2O4/c1-12(2,3)18-11(16)14-7-6-9(8-14)10(15)13(4)17-5/h6-8H,1-5H3. The summed E-state index contributed by atoms with van der Waals surface area (Å²) >= 11 is 0. The molecule has 0 aliphatic heterocycles. The highest BCUT2D eigenvalue weighted by molar-refractivity contribution is 5.94. The van der Waals surface area contributed by atoms with E-state index in [-0.39, 0.29) is 5.91 Å². The molecule has 6 nitrogen and oxygen atoms in total. The molecule has 1 amide bonds. The molecule has 1 heterocycles. The minimum Gasteiger partial charge on any atom is -0.443 e. The summed E-state index contributed by atoms with van der Waals surface area (Å²) in [6.45, 7) is 5.33. The Balaban J connectivity index is 2.81. The van der Waals surface area contributed by atoms with Crippen molar-refractivity contribution in [3.05, 3.63) is 24.0 Å². The fourth-order valence-corrected chi connectivity index (χ4v) is 1.22. The topological polar surface area (TPSA) is 60.8 Å². The van der Waals surface area contributed by atoms with E-state index in [2.05, 4.69) is 0 Å². The Morgan fingerprint density at radius 3 is 2.44 bits per heavy atom. The molecule has 0 bridgehead atoms. The first-order chi connectivity index (χ1) is 8.24. The van der Waals surface area contributed by atoms with Crippen LogP contribution < -0.4 is 0 Å². The zero-order valence-electron chi connectivity index (χ0n) is 11.3. The molecular weight excluding hydrogens is 236 g/mol. The third-order valence-corrected chi connectivity index (χ3v) is 2.10. The van der Waals surface area contributed by atoms with Gasteiger partial charge in [0, 0.05) is 19.4 Å². The molecule has 0 aliphatic carbocycles. The summed E-state index contributed by atoms with van der Waals surface area (Å²) in [6.07, 6.45) is 2.36. The second-order valence-electron chi connectivity index (χ2n) is 4.77. The number of carbonyl (C=O) groups excluding carboxylic acids is 2. The van der Waals surface area contributed by atoms with Crippen molar-refractivity contribution in [3.63, 3.8) is 0 Å². The molecule has 0 atom stereocenters. The summed E-state index contributed by atoms with van der Waals surface area (Å²) in [5, 5.41) is 1.08. The molecule has 0 fully saturated rings. The SMILES string of the molecule is CON(C)C(=O)c1ccn(C(=O)OC(C)(C)C)c1. The molecule has 0 saturated carbocycles. The van der Waals surface area contributed by atoms with Gasteiger partial charge < -0.3 is 4.74 Å². The third kappa shape index (κ3) is 3.59. The van der Waals surface area contributed by atoms with Gasteiger partial charge in [-0.1, -0.05) is 0 Å². The van der Waals surface area contributed by atoms with Gasteiger partial charge in [0.25, 0.3) is 5.91 Å². The second-order valence-corrected chi connectivity index (χ2v) is 4.77. The van der Waals surface area contributed by atoms with E-state index in [1.807, 2.05) is 0 Å². The summed E-state index contributed by atoms with van der Waals surface area (Å²) in [6, 6.07) is 1.53. The van der Waals surface area contributed by atoms with Gasteiger partial charge in [0.15, 0.2) is 0 Å². The molecule has 100 valence electrons. The Kier molecular flexibility index (Phi) is 4.13. The van der Waals surface area contributed by atoms with Crippen LogP contribution in [0.3, 0.4) is 0 Å². The Labute approximate surface area is 106 Å². The molecule has 0 aliphatic rings. The normalized spacial score (nSPS) is 11.2. The summed E-state index contributed by atoms with van der Waals surface area (Å²) in [5.74, 6) is -0.334. The highest BCUT2D eigenvalue weighted by atomic mass is 16.7. The number of hydrogen-bond acceptors (Lipinski definition) is 4. The molecule has 0 spiro atoms. The van der Waals surface area contributed by atoms with Crippen LogP contribution in [0.1, 0.15) is 31.1 Å². The Morgan fingerprint density at radius 2 is 1.94 bits per heavy atom. The lowest BCUT2D eigenvalue weighted by Gasteiger charge is -2.19. The van der Waals surface area contributed by atoms with Crippen molar-refractivity contribution in [2.75, 3.05) is 14.2 Å². The summed E-state index contributed by atoms with van der Waals surface area (Å²) in [7, 11) is 2.88. The van der Waals surface area contributed by atoms with Crippen LogP contribution in [0.4, 0.5) is 4.79 Å². The number of aromatic nitrogens is 1. The predicted molar refractivity (Wildman–Crippen MR) is 65.2 cm³/mol. The number of hydrogen-bond donors (Lipinski definition) is 0. The first-order valence-corrected chi connectivity index (χ1v) is 5.48. The van der Waals surface area contributed by atoms with Crippen molar-refractivity contribution in [3.8, 4) is 0 Å². The Morgan fingerprint density at radius 1 is 1.33 bits per heavy atom. The predicted octanol–water partition coefficient (Wildman–Crippen LogP) is 1.90.